The van der Waals surface area contributed by atoms with Crippen LogP contribution in [0.4, 0.5) is 0 Å². The van der Waals surface area contributed by atoms with E-state index in [2.05, 4.69) is 34.5 Å². The zero-order valence-corrected chi connectivity index (χ0v) is 15.8. The molecule has 25 heavy (non-hydrogen) atoms. The van der Waals surface area contributed by atoms with Crippen molar-refractivity contribution >= 4 is 17.2 Å². The minimum atomic E-state index is 0.0441. The van der Waals surface area contributed by atoms with E-state index in [1.54, 1.807) is 11.3 Å². The summed E-state index contributed by atoms with van der Waals surface area (Å²) in [5.41, 5.74) is 0.102. The molecule has 3 rings (SSSR count). The van der Waals surface area contributed by atoms with E-state index in [9.17, 15) is 4.79 Å². The fraction of sp³-hybridized carbons (Fsp3) is 0.611. The molecule has 0 radical (unpaired) electrons. The third-order valence-corrected chi connectivity index (χ3v) is 5.99. The zero-order valence-electron chi connectivity index (χ0n) is 15.0. The van der Waals surface area contributed by atoms with Crippen molar-refractivity contribution in [1.29, 1.82) is 0 Å². The SMILES string of the molecule is CN(C)C1(CNC(=O)CCc2nc(-c3cccs3)no2)CCCCC1. The Kier molecular flexibility index (Phi) is 5.86. The van der Waals surface area contributed by atoms with Gasteiger partial charge in [0.1, 0.15) is 0 Å². The first-order valence-electron chi connectivity index (χ1n) is 8.90. The van der Waals surface area contributed by atoms with Gasteiger partial charge in [0.2, 0.25) is 17.6 Å². The number of amides is 1. The number of hydrogen-bond donors (Lipinski definition) is 1. The van der Waals surface area contributed by atoms with E-state index in [1.807, 2.05) is 17.5 Å². The first kappa shape index (κ1) is 18.1. The minimum absolute atomic E-state index is 0.0441. The standard InChI is InChI=1S/C18H26N4O2S/c1-22(2)18(10-4-3-5-11-18)13-19-15(23)8-9-16-20-17(21-24-16)14-7-6-12-25-14/h6-7,12H,3-5,8-11,13H2,1-2H3,(H,19,23). The molecule has 0 unspecified atom stereocenters. The van der Waals surface area contributed by atoms with Gasteiger partial charge in [0.05, 0.1) is 4.88 Å². The Morgan fingerprint density at radius 3 is 2.84 bits per heavy atom. The molecule has 1 fully saturated rings. The van der Waals surface area contributed by atoms with Gasteiger partial charge >= 0.3 is 0 Å². The molecule has 0 aliphatic heterocycles. The number of rotatable bonds is 7. The van der Waals surface area contributed by atoms with Gasteiger partial charge in [-0.15, -0.1) is 11.3 Å². The lowest BCUT2D eigenvalue weighted by Crippen LogP contribution is -2.53. The molecular weight excluding hydrogens is 336 g/mol. The van der Waals surface area contributed by atoms with Crippen molar-refractivity contribution in [2.45, 2.75) is 50.5 Å². The molecule has 7 heteroatoms. The van der Waals surface area contributed by atoms with Crippen LogP contribution < -0.4 is 5.32 Å². The van der Waals surface area contributed by atoms with Crippen LogP contribution in [0.3, 0.4) is 0 Å². The van der Waals surface area contributed by atoms with Gasteiger partial charge in [0.25, 0.3) is 0 Å². The van der Waals surface area contributed by atoms with Gasteiger partial charge in [-0.3, -0.25) is 4.79 Å². The van der Waals surface area contributed by atoms with Crippen LogP contribution in [0.25, 0.3) is 10.7 Å². The normalized spacial score (nSPS) is 16.9. The molecule has 0 spiro atoms. The Morgan fingerprint density at radius 1 is 1.36 bits per heavy atom. The fourth-order valence-corrected chi connectivity index (χ4v) is 4.08. The molecular formula is C18H26N4O2S. The van der Waals surface area contributed by atoms with E-state index in [1.165, 1.54) is 19.3 Å². The summed E-state index contributed by atoms with van der Waals surface area (Å²) in [6.45, 7) is 0.711. The lowest BCUT2D eigenvalue weighted by Gasteiger charge is -2.43. The van der Waals surface area contributed by atoms with E-state index in [4.69, 9.17) is 4.52 Å². The largest absolute Gasteiger partial charge is 0.354 e. The number of thiophene rings is 1. The van der Waals surface area contributed by atoms with Crippen LogP contribution in [0, 0.1) is 0 Å². The Hall–Kier alpha value is -1.73. The number of carbonyl (C=O) groups is 1. The number of carbonyl (C=O) groups excluding carboxylic acids is 1. The molecule has 1 aliphatic carbocycles. The van der Waals surface area contributed by atoms with Crippen LogP contribution in [0.15, 0.2) is 22.0 Å². The maximum absolute atomic E-state index is 12.2. The average Bonchev–Trinajstić information content (AvgIpc) is 3.30. The number of hydrogen-bond acceptors (Lipinski definition) is 6. The van der Waals surface area contributed by atoms with Gasteiger partial charge < -0.3 is 14.7 Å². The highest BCUT2D eigenvalue weighted by molar-refractivity contribution is 7.13. The number of aromatic nitrogens is 2. The van der Waals surface area contributed by atoms with Crippen LogP contribution in [0.2, 0.25) is 0 Å². The molecule has 1 saturated carbocycles. The predicted molar refractivity (Wildman–Crippen MR) is 98.4 cm³/mol. The second-order valence-electron chi connectivity index (χ2n) is 6.95. The molecule has 1 amide bonds. The Labute approximate surface area is 152 Å². The topological polar surface area (TPSA) is 71.3 Å². The quantitative estimate of drug-likeness (QED) is 0.819. The van der Waals surface area contributed by atoms with E-state index in [-0.39, 0.29) is 11.4 Å². The Bertz CT molecular complexity index is 675. The number of nitrogens with zero attached hydrogens (tertiary/aromatic N) is 3. The van der Waals surface area contributed by atoms with Crippen molar-refractivity contribution in [3.05, 3.63) is 23.4 Å². The number of likely N-dealkylation sites (N-methyl/N-ethyl adjacent to an activating group) is 1. The molecule has 0 atom stereocenters. The van der Waals surface area contributed by atoms with Gasteiger partial charge in [-0.1, -0.05) is 30.5 Å². The molecule has 0 saturated heterocycles. The number of aryl methyl sites for hydroxylation is 1. The van der Waals surface area contributed by atoms with Crippen molar-refractivity contribution in [3.8, 4) is 10.7 Å². The molecule has 1 aliphatic rings. The van der Waals surface area contributed by atoms with E-state index < -0.39 is 0 Å². The fourth-order valence-electron chi connectivity index (χ4n) is 3.43. The maximum atomic E-state index is 12.2. The van der Waals surface area contributed by atoms with E-state index >= 15 is 0 Å². The van der Waals surface area contributed by atoms with Crippen molar-refractivity contribution in [3.63, 3.8) is 0 Å². The van der Waals surface area contributed by atoms with E-state index in [0.29, 0.717) is 31.1 Å². The molecule has 136 valence electrons. The first-order valence-corrected chi connectivity index (χ1v) is 9.78. The lowest BCUT2D eigenvalue weighted by atomic mass is 9.80. The van der Waals surface area contributed by atoms with Crippen LogP contribution in [-0.4, -0.2) is 47.1 Å². The van der Waals surface area contributed by atoms with Crippen molar-refractivity contribution in [1.82, 2.24) is 20.4 Å². The highest BCUT2D eigenvalue weighted by atomic mass is 32.1. The monoisotopic (exact) mass is 362 g/mol. The van der Waals surface area contributed by atoms with Crippen molar-refractivity contribution in [2.24, 2.45) is 0 Å². The second kappa shape index (κ2) is 8.10. The second-order valence-corrected chi connectivity index (χ2v) is 7.89. The highest BCUT2D eigenvalue weighted by Crippen LogP contribution is 2.31. The summed E-state index contributed by atoms with van der Waals surface area (Å²) >= 11 is 1.57. The van der Waals surface area contributed by atoms with Gasteiger partial charge in [0, 0.05) is 24.9 Å². The summed E-state index contributed by atoms with van der Waals surface area (Å²) in [7, 11) is 4.23. The van der Waals surface area contributed by atoms with Crippen molar-refractivity contribution < 1.29 is 9.32 Å². The van der Waals surface area contributed by atoms with Crippen LogP contribution in [0.1, 0.15) is 44.4 Å². The zero-order chi connectivity index (χ0) is 17.7. The highest BCUT2D eigenvalue weighted by Gasteiger charge is 2.34. The summed E-state index contributed by atoms with van der Waals surface area (Å²) in [4.78, 5) is 19.9. The summed E-state index contributed by atoms with van der Waals surface area (Å²) in [5.74, 6) is 1.15. The Morgan fingerprint density at radius 2 is 2.16 bits per heavy atom. The van der Waals surface area contributed by atoms with Gasteiger partial charge in [-0.2, -0.15) is 4.98 Å². The molecule has 0 bridgehead atoms. The predicted octanol–water partition coefficient (Wildman–Crippen LogP) is 3.11. The minimum Gasteiger partial charge on any atom is -0.354 e. The van der Waals surface area contributed by atoms with Gasteiger partial charge in [-0.25, -0.2) is 0 Å². The molecule has 1 N–H and O–H groups in total. The van der Waals surface area contributed by atoms with Gasteiger partial charge in [-0.05, 0) is 38.4 Å². The molecule has 2 aromatic heterocycles. The summed E-state index contributed by atoms with van der Waals surface area (Å²) in [5, 5.41) is 9.06. The van der Waals surface area contributed by atoms with Crippen LogP contribution >= 0.6 is 11.3 Å². The maximum Gasteiger partial charge on any atom is 0.227 e. The van der Waals surface area contributed by atoms with E-state index in [0.717, 1.165) is 17.7 Å². The molecule has 0 aromatic carbocycles. The number of nitrogens with one attached hydrogen (secondary N) is 1. The van der Waals surface area contributed by atoms with Crippen LogP contribution in [-0.2, 0) is 11.2 Å². The van der Waals surface area contributed by atoms with Gasteiger partial charge in [0.15, 0.2) is 0 Å². The summed E-state index contributed by atoms with van der Waals surface area (Å²) < 4.78 is 5.25. The summed E-state index contributed by atoms with van der Waals surface area (Å²) in [6, 6.07) is 3.91. The first-order chi connectivity index (χ1) is 12.1. The van der Waals surface area contributed by atoms with Crippen molar-refractivity contribution in [2.75, 3.05) is 20.6 Å². The lowest BCUT2D eigenvalue weighted by molar-refractivity contribution is -0.121. The third kappa shape index (κ3) is 4.46. The average molecular weight is 362 g/mol. The molecule has 2 heterocycles. The Balaban J connectivity index is 1.48. The van der Waals surface area contributed by atoms with Crippen LogP contribution in [0.5, 0.6) is 0 Å². The third-order valence-electron chi connectivity index (χ3n) is 5.12. The summed E-state index contributed by atoms with van der Waals surface area (Å²) in [6.07, 6.45) is 6.91. The molecule has 2 aromatic rings. The smallest absolute Gasteiger partial charge is 0.227 e. The molecule has 6 nitrogen and oxygen atoms in total.